The van der Waals surface area contributed by atoms with Crippen molar-refractivity contribution in [2.24, 2.45) is 10.9 Å². The number of nitrogens with zero attached hydrogens (tertiary/aromatic N) is 5. The third kappa shape index (κ3) is 8.14. The molecule has 0 bridgehead atoms. The van der Waals surface area contributed by atoms with Crippen LogP contribution in [-0.2, 0) is 17.7 Å². The zero-order valence-electron chi connectivity index (χ0n) is 18.8. The molecule has 2 rings (SSSR count). The molecule has 1 aliphatic heterocycles. The van der Waals surface area contributed by atoms with Crippen LogP contribution >= 0.6 is 11.8 Å². The molecule has 1 fully saturated rings. The van der Waals surface area contributed by atoms with Gasteiger partial charge in [0.1, 0.15) is 5.82 Å². The minimum Gasteiger partial charge on any atom is -0.379 e. The van der Waals surface area contributed by atoms with Crippen LogP contribution in [0, 0.1) is 5.92 Å². The van der Waals surface area contributed by atoms with Gasteiger partial charge in [0.15, 0.2) is 11.1 Å². The molecule has 9 heteroatoms. The number of aliphatic imine (C=N–C) groups is 1. The van der Waals surface area contributed by atoms with E-state index in [2.05, 4.69) is 64.2 Å². The molecule has 1 atom stereocenters. The number of hydrogen-bond donors (Lipinski definition) is 2. The van der Waals surface area contributed by atoms with Gasteiger partial charge in [-0.25, -0.2) is 0 Å². The summed E-state index contributed by atoms with van der Waals surface area (Å²) in [4.78, 5) is 7.23. The summed E-state index contributed by atoms with van der Waals surface area (Å²) in [6, 6.07) is 0.425. The van der Waals surface area contributed by atoms with Gasteiger partial charge in [0.25, 0.3) is 0 Å². The molecule has 2 heterocycles. The van der Waals surface area contributed by atoms with E-state index in [-0.39, 0.29) is 0 Å². The fourth-order valence-electron chi connectivity index (χ4n) is 3.36. The van der Waals surface area contributed by atoms with Gasteiger partial charge < -0.3 is 19.9 Å². The first-order valence-electron chi connectivity index (χ1n) is 10.8. The third-order valence-corrected chi connectivity index (χ3v) is 5.59. The number of guanidine groups is 1. The molecule has 1 unspecified atom stereocenters. The number of aromatic nitrogens is 3. The fourth-order valence-corrected chi connectivity index (χ4v) is 3.88. The highest BCUT2D eigenvalue weighted by atomic mass is 32.2. The van der Waals surface area contributed by atoms with E-state index < -0.39 is 0 Å². The van der Waals surface area contributed by atoms with Crippen LogP contribution in [0.4, 0.5) is 0 Å². The molecule has 1 aromatic rings. The van der Waals surface area contributed by atoms with Crippen LogP contribution in [0.3, 0.4) is 0 Å². The lowest BCUT2D eigenvalue weighted by molar-refractivity contribution is 0.0220. The van der Waals surface area contributed by atoms with Gasteiger partial charge in [0.05, 0.1) is 19.8 Å². The highest BCUT2D eigenvalue weighted by Gasteiger charge is 2.16. The Labute approximate surface area is 180 Å². The summed E-state index contributed by atoms with van der Waals surface area (Å²) in [5.74, 6) is 2.54. The fraction of sp³-hybridized carbons (Fsp3) is 0.850. The van der Waals surface area contributed by atoms with Crippen molar-refractivity contribution in [1.29, 1.82) is 0 Å². The number of nitrogens with one attached hydrogen (secondary N) is 2. The quantitative estimate of drug-likeness (QED) is 0.242. The van der Waals surface area contributed by atoms with Gasteiger partial charge in [0, 0.05) is 45.2 Å². The van der Waals surface area contributed by atoms with Gasteiger partial charge in [-0.3, -0.25) is 9.89 Å². The lowest BCUT2D eigenvalue weighted by Crippen LogP contribution is -2.44. The van der Waals surface area contributed by atoms with Crippen LogP contribution in [0.2, 0.25) is 0 Å². The number of thioether (sulfide) groups is 1. The van der Waals surface area contributed by atoms with E-state index in [0.29, 0.717) is 12.0 Å². The first-order valence-corrected chi connectivity index (χ1v) is 12.1. The van der Waals surface area contributed by atoms with E-state index in [0.717, 1.165) is 82.3 Å². The van der Waals surface area contributed by atoms with Crippen molar-refractivity contribution >= 4 is 17.7 Å². The number of morpholine rings is 1. The molecule has 0 amide bonds. The average molecular weight is 426 g/mol. The van der Waals surface area contributed by atoms with Crippen LogP contribution in [0.15, 0.2) is 10.1 Å². The largest absolute Gasteiger partial charge is 0.379 e. The highest BCUT2D eigenvalue weighted by Crippen LogP contribution is 2.16. The van der Waals surface area contributed by atoms with E-state index in [1.807, 2.05) is 0 Å². The van der Waals surface area contributed by atoms with Gasteiger partial charge >= 0.3 is 0 Å². The Morgan fingerprint density at radius 1 is 1.21 bits per heavy atom. The first-order chi connectivity index (χ1) is 14.0. The minimum atomic E-state index is 0.425. The van der Waals surface area contributed by atoms with Crippen molar-refractivity contribution in [1.82, 2.24) is 30.3 Å². The normalized spacial score (nSPS) is 17.0. The summed E-state index contributed by atoms with van der Waals surface area (Å²) in [5, 5.41) is 16.6. The van der Waals surface area contributed by atoms with Crippen molar-refractivity contribution in [2.75, 3.05) is 52.2 Å². The molecule has 1 aliphatic rings. The molecule has 1 aromatic heterocycles. The Morgan fingerprint density at radius 3 is 2.62 bits per heavy atom. The predicted octanol–water partition coefficient (Wildman–Crippen LogP) is 1.86. The second kappa shape index (κ2) is 13.1. The second-order valence-electron chi connectivity index (χ2n) is 7.85. The van der Waals surface area contributed by atoms with Crippen molar-refractivity contribution < 1.29 is 4.74 Å². The van der Waals surface area contributed by atoms with E-state index >= 15 is 0 Å². The van der Waals surface area contributed by atoms with E-state index in [1.54, 1.807) is 11.8 Å². The molecule has 0 saturated carbocycles. The third-order valence-electron chi connectivity index (χ3n) is 4.92. The molecule has 29 heavy (non-hydrogen) atoms. The minimum absolute atomic E-state index is 0.425. The maximum Gasteiger partial charge on any atom is 0.191 e. The molecule has 0 aromatic carbocycles. The Hall–Kier alpha value is -1.32. The molecule has 0 aliphatic carbocycles. The standard InChI is InChI=1S/C20H39N7OS/c1-6-21-19(23-14-17(4)26-10-12-28-13-11-26)22-9-7-8-18-24-25-20(29-5)27(18)15-16(2)3/h16-17H,6-15H2,1-5H3,(H2,21,22,23). The number of rotatable bonds is 11. The van der Waals surface area contributed by atoms with Crippen molar-refractivity contribution in [3.63, 3.8) is 0 Å². The van der Waals surface area contributed by atoms with Crippen LogP contribution in [0.5, 0.6) is 0 Å². The van der Waals surface area contributed by atoms with Crippen molar-refractivity contribution in [2.45, 2.75) is 58.3 Å². The summed E-state index contributed by atoms with van der Waals surface area (Å²) >= 11 is 1.66. The first kappa shape index (κ1) is 24.0. The van der Waals surface area contributed by atoms with Gasteiger partial charge in [0.2, 0.25) is 0 Å². The van der Waals surface area contributed by atoms with Gasteiger partial charge in [-0.15, -0.1) is 10.2 Å². The summed E-state index contributed by atoms with van der Waals surface area (Å²) in [5.41, 5.74) is 0. The lowest BCUT2D eigenvalue weighted by Gasteiger charge is -2.31. The molecule has 1 saturated heterocycles. The molecule has 0 radical (unpaired) electrons. The molecular formula is C20H39N7OS. The van der Waals surface area contributed by atoms with Gasteiger partial charge in [-0.1, -0.05) is 25.6 Å². The summed E-state index contributed by atoms with van der Waals surface area (Å²) in [7, 11) is 0. The SMILES string of the molecule is CCNC(=NCC(C)N1CCOCC1)NCCCc1nnc(SC)n1CC(C)C. The molecule has 166 valence electrons. The van der Waals surface area contributed by atoms with Crippen LogP contribution in [0.1, 0.15) is 39.9 Å². The van der Waals surface area contributed by atoms with Crippen LogP contribution in [-0.4, -0.2) is 83.9 Å². The topological polar surface area (TPSA) is 79.6 Å². The van der Waals surface area contributed by atoms with Crippen molar-refractivity contribution in [3.8, 4) is 0 Å². The van der Waals surface area contributed by atoms with E-state index in [9.17, 15) is 0 Å². The molecular weight excluding hydrogens is 386 g/mol. The molecule has 2 N–H and O–H groups in total. The maximum absolute atomic E-state index is 5.44. The molecule has 8 nitrogen and oxygen atoms in total. The number of ether oxygens (including phenoxy) is 1. The Kier molecular flexibility index (Phi) is 10.8. The summed E-state index contributed by atoms with van der Waals surface area (Å²) < 4.78 is 7.70. The Balaban J connectivity index is 1.81. The maximum atomic E-state index is 5.44. The van der Waals surface area contributed by atoms with Crippen LogP contribution in [0.25, 0.3) is 0 Å². The smallest absolute Gasteiger partial charge is 0.191 e. The number of aryl methyl sites for hydroxylation is 1. The zero-order valence-corrected chi connectivity index (χ0v) is 19.6. The van der Waals surface area contributed by atoms with E-state index in [4.69, 9.17) is 9.73 Å². The van der Waals surface area contributed by atoms with Gasteiger partial charge in [-0.05, 0) is 32.4 Å². The Bertz CT molecular complexity index is 614. The average Bonchev–Trinajstić information content (AvgIpc) is 3.10. The second-order valence-corrected chi connectivity index (χ2v) is 8.63. The predicted molar refractivity (Wildman–Crippen MR) is 121 cm³/mol. The van der Waals surface area contributed by atoms with E-state index in [1.165, 1.54) is 0 Å². The Morgan fingerprint density at radius 2 is 1.97 bits per heavy atom. The highest BCUT2D eigenvalue weighted by molar-refractivity contribution is 7.98. The van der Waals surface area contributed by atoms with Gasteiger partial charge in [-0.2, -0.15) is 0 Å². The van der Waals surface area contributed by atoms with Crippen LogP contribution < -0.4 is 10.6 Å². The summed E-state index contributed by atoms with van der Waals surface area (Å²) in [6.07, 6.45) is 3.97. The lowest BCUT2D eigenvalue weighted by atomic mass is 10.2. The monoisotopic (exact) mass is 425 g/mol. The summed E-state index contributed by atoms with van der Waals surface area (Å²) in [6.45, 7) is 15.9. The van der Waals surface area contributed by atoms with Crippen molar-refractivity contribution in [3.05, 3.63) is 5.82 Å². The zero-order chi connectivity index (χ0) is 21.1. The molecule has 0 spiro atoms. The number of hydrogen-bond acceptors (Lipinski definition) is 6.